The lowest BCUT2D eigenvalue weighted by atomic mass is 10.5. The van der Waals surface area contributed by atoms with Gasteiger partial charge in [-0.25, -0.2) is 8.42 Å². The zero-order chi connectivity index (χ0) is 9.07. The van der Waals surface area contributed by atoms with Crippen molar-refractivity contribution >= 4 is 27.3 Å². The zero-order valence-corrected chi connectivity index (χ0v) is 7.65. The maximum Gasteiger partial charge on any atom is 0.236 e. The highest BCUT2D eigenvalue weighted by atomic mass is 35.5. The van der Waals surface area contributed by atoms with Gasteiger partial charge in [0.25, 0.3) is 0 Å². The number of sulfone groups is 1. The molecular weight excluding hydrogens is 190 g/mol. The summed E-state index contributed by atoms with van der Waals surface area (Å²) in [5.41, 5.74) is 4.76. The molecule has 11 heavy (non-hydrogen) atoms. The predicted octanol–water partition coefficient (Wildman–Crippen LogP) is -0.486. The minimum Gasteiger partial charge on any atom is -0.368 e. The molecule has 0 heterocycles. The summed E-state index contributed by atoms with van der Waals surface area (Å²) in [6, 6.07) is 0. The first kappa shape index (κ1) is 10.7. The highest BCUT2D eigenvalue weighted by Crippen LogP contribution is 2.00. The van der Waals surface area contributed by atoms with Crippen LogP contribution in [0.25, 0.3) is 0 Å². The van der Waals surface area contributed by atoms with Gasteiger partial charge in [-0.1, -0.05) is 6.92 Å². The first-order valence-corrected chi connectivity index (χ1v) is 5.28. The Kier molecular flexibility index (Phi) is 3.82. The SMILES string of the molecule is CCS(=O)(=O)CC(Cl)C(N)=O. The number of rotatable bonds is 4. The molecule has 0 radical (unpaired) electrons. The van der Waals surface area contributed by atoms with E-state index in [4.69, 9.17) is 17.3 Å². The Morgan fingerprint density at radius 1 is 1.64 bits per heavy atom. The molecule has 2 N–H and O–H groups in total. The summed E-state index contributed by atoms with van der Waals surface area (Å²) in [4.78, 5) is 10.3. The standard InChI is InChI=1S/C5H10ClNO3S/c1-2-11(9,10)3-4(6)5(7)8/h4H,2-3H2,1H3,(H2,7,8). The number of amides is 1. The fourth-order valence-corrected chi connectivity index (χ4v) is 1.84. The van der Waals surface area contributed by atoms with Crippen LogP contribution in [0.15, 0.2) is 0 Å². The van der Waals surface area contributed by atoms with E-state index < -0.39 is 21.1 Å². The monoisotopic (exact) mass is 199 g/mol. The number of carbonyl (C=O) groups is 1. The van der Waals surface area contributed by atoms with E-state index in [0.717, 1.165) is 0 Å². The zero-order valence-electron chi connectivity index (χ0n) is 6.08. The molecule has 0 rings (SSSR count). The third-order valence-corrected chi connectivity index (χ3v) is 3.42. The summed E-state index contributed by atoms with van der Waals surface area (Å²) in [6.45, 7) is 1.49. The topological polar surface area (TPSA) is 77.2 Å². The van der Waals surface area contributed by atoms with Crippen LogP contribution in [0.4, 0.5) is 0 Å². The minimum absolute atomic E-state index is 0.0243. The fraction of sp³-hybridized carbons (Fsp3) is 0.800. The van der Waals surface area contributed by atoms with Crippen molar-refractivity contribution in [1.29, 1.82) is 0 Å². The Balaban J connectivity index is 4.16. The van der Waals surface area contributed by atoms with E-state index in [1.165, 1.54) is 6.92 Å². The molecule has 1 atom stereocenters. The van der Waals surface area contributed by atoms with Gasteiger partial charge in [0.05, 0.1) is 5.75 Å². The minimum atomic E-state index is -3.20. The summed E-state index contributed by atoms with van der Waals surface area (Å²) in [7, 11) is -3.20. The summed E-state index contributed by atoms with van der Waals surface area (Å²) >= 11 is 5.33. The second-order valence-electron chi connectivity index (χ2n) is 2.07. The summed E-state index contributed by atoms with van der Waals surface area (Å²) in [5.74, 6) is -1.20. The molecule has 66 valence electrons. The number of alkyl halides is 1. The van der Waals surface area contributed by atoms with Crippen molar-refractivity contribution < 1.29 is 13.2 Å². The third-order valence-electron chi connectivity index (χ3n) is 1.15. The largest absolute Gasteiger partial charge is 0.368 e. The molecule has 0 aliphatic heterocycles. The molecule has 0 aromatic carbocycles. The molecule has 0 fully saturated rings. The highest BCUT2D eigenvalue weighted by molar-refractivity contribution is 7.91. The van der Waals surface area contributed by atoms with E-state index in [9.17, 15) is 13.2 Å². The van der Waals surface area contributed by atoms with Crippen molar-refractivity contribution in [1.82, 2.24) is 0 Å². The molecule has 4 nitrogen and oxygen atoms in total. The van der Waals surface area contributed by atoms with Gasteiger partial charge in [0.2, 0.25) is 5.91 Å². The van der Waals surface area contributed by atoms with Gasteiger partial charge >= 0.3 is 0 Å². The highest BCUT2D eigenvalue weighted by Gasteiger charge is 2.19. The van der Waals surface area contributed by atoms with Crippen LogP contribution in [0.2, 0.25) is 0 Å². The second-order valence-corrected chi connectivity index (χ2v) is 4.99. The Hall–Kier alpha value is -0.290. The van der Waals surface area contributed by atoms with Gasteiger partial charge in [0, 0.05) is 5.75 Å². The molecule has 0 aliphatic rings. The molecule has 6 heteroatoms. The van der Waals surface area contributed by atoms with Crippen LogP contribution in [0.1, 0.15) is 6.92 Å². The summed E-state index contributed by atoms with van der Waals surface area (Å²) in [6.07, 6.45) is 0. The Bertz CT molecular complexity index is 236. The number of hydrogen-bond acceptors (Lipinski definition) is 3. The average Bonchev–Trinajstić information content (AvgIpc) is 1.87. The fourth-order valence-electron chi connectivity index (χ4n) is 0.423. The van der Waals surface area contributed by atoms with Gasteiger partial charge in [0.15, 0.2) is 9.84 Å². The Morgan fingerprint density at radius 3 is 2.36 bits per heavy atom. The molecule has 0 bridgehead atoms. The molecule has 0 aromatic rings. The van der Waals surface area contributed by atoms with Crippen molar-refractivity contribution in [2.24, 2.45) is 5.73 Å². The smallest absolute Gasteiger partial charge is 0.236 e. The molecule has 0 spiro atoms. The normalized spacial score (nSPS) is 14.4. The van der Waals surface area contributed by atoms with Crippen molar-refractivity contribution in [2.75, 3.05) is 11.5 Å². The molecule has 0 saturated carbocycles. The molecule has 0 aromatic heterocycles. The van der Waals surface area contributed by atoms with Gasteiger partial charge in [-0.05, 0) is 0 Å². The lowest BCUT2D eigenvalue weighted by molar-refractivity contribution is -0.117. The van der Waals surface area contributed by atoms with E-state index in [0.29, 0.717) is 0 Å². The van der Waals surface area contributed by atoms with Gasteiger partial charge in [-0.15, -0.1) is 11.6 Å². The van der Waals surface area contributed by atoms with Gasteiger partial charge in [-0.2, -0.15) is 0 Å². The molecule has 1 unspecified atom stereocenters. The van der Waals surface area contributed by atoms with Crippen molar-refractivity contribution in [3.63, 3.8) is 0 Å². The molecule has 0 saturated heterocycles. The quantitative estimate of drug-likeness (QED) is 0.621. The van der Waals surface area contributed by atoms with Crippen LogP contribution in [0.3, 0.4) is 0 Å². The lowest BCUT2D eigenvalue weighted by Crippen LogP contribution is -2.30. The average molecular weight is 200 g/mol. The van der Waals surface area contributed by atoms with Crippen molar-refractivity contribution in [3.8, 4) is 0 Å². The molecule has 1 amide bonds. The van der Waals surface area contributed by atoms with Crippen LogP contribution < -0.4 is 5.73 Å². The van der Waals surface area contributed by atoms with Gasteiger partial charge in [-0.3, -0.25) is 4.79 Å². The number of carbonyl (C=O) groups excluding carboxylic acids is 1. The number of hydrogen-bond donors (Lipinski definition) is 1. The molecular formula is C5H10ClNO3S. The van der Waals surface area contributed by atoms with Crippen LogP contribution in [0.5, 0.6) is 0 Å². The van der Waals surface area contributed by atoms with Crippen LogP contribution in [0, 0.1) is 0 Å². The van der Waals surface area contributed by atoms with Crippen molar-refractivity contribution in [3.05, 3.63) is 0 Å². The van der Waals surface area contributed by atoms with Gasteiger partial charge < -0.3 is 5.73 Å². The van der Waals surface area contributed by atoms with Crippen LogP contribution >= 0.6 is 11.6 Å². The Labute approximate surface area is 70.6 Å². The maximum atomic E-state index is 10.8. The maximum absolute atomic E-state index is 10.8. The summed E-state index contributed by atoms with van der Waals surface area (Å²) in [5, 5.41) is -1.11. The number of nitrogens with two attached hydrogens (primary N) is 1. The molecule has 0 aliphatic carbocycles. The second kappa shape index (κ2) is 3.92. The first-order valence-electron chi connectivity index (χ1n) is 3.03. The van der Waals surface area contributed by atoms with E-state index in [1.54, 1.807) is 0 Å². The third kappa shape index (κ3) is 4.21. The van der Waals surface area contributed by atoms with E-state index in [-0.39, 0.29) is 11.5 Å². The van der Waals surface area contributed by atoms with Crippen LogP contribution in [-0.4, -0.2) is 31.2 Å². The van der Waals surface area contributed by atoms with Crippen LogP contribution in [-0.2, 0) is 14.6 Å². The van der Waals surface area contributed by atoms with Crippen molar-refractivity contribution in [2.45, 2.75) is 12.3 Å². The number of halogens is 1. The van der Waals surface area contributed by atoms with E-state index in [1.807, 2.05) is 0 Å². The van der Waals surface area contributed by atoms with Gasteiger partial charge in [0.1, 0.15) is 5.38 Å². The Morgan fingerprint density at radius 2 is 2.09 bits per heavy atom. The lowest BCUT2D eigenvalue weighted by Gasteiger charge is -2.03. The van der Waals surface area contributed by atoms with E-state index in [2.05, 4.69) is 0 Å². The number of primary amides is 1. The van der Waals surface area contributed by atoms with E-state index >= 15 is 0 Å². The predicted molar refractivity (Wildman–Crippen MR) is 43.2 cm³/mol. The summed E-state index contributed by atoms with van der Waals surface area (Å²) < 4.78 is 21.6. The first-order chi connectivity index (χ1) is 4.89.